The summed E-state index contributed by atoms with van der Waals surface area (Å²) in [6, 6.07) is 5.75. The number of hydrogen-bond acceptors (Lipinski definition) is 4. The van der Waals surface area contributed by atoms with E-state index in [1.165, 1.54) is 0 Å². The van der Waals surface area contributed by atoms with Crippen molar-refractivity contribution < 1.29 is 14.3 Å². The SMILES string of the molecule is COc1cccc(OC)c1CC(=O)NC1CCNC1. The summed E-state index contributed by atoms with van der Waals surface area (Å²) in [5.74, 6) is 1.36. The molecular formula is C14H20N2O3. The number of methoxy groups -OCH3 is 2. The maximum absolute atomic E-state index is 12.1. The van der Waals surface area contributed by atoms with Crippen molar-refractivity contribution in [3.05, 3.63) is 23.8 Å². The van der Waals surface area contributed by atoms with Crippen molar-refractivity contribution in [2.45, 2.75) is 18.9 Å². The summed E-state index contributed by atoms with van der Waals surface area (Å²) in [5, 5.41) is 6.24. The van der Waals surface area contributed by atoms with Crippen molar-refractivity contribution >= 4 is 5.91 Å². The Morgan fingerprint density at radius 2 is 2.05 bits per heavy atom. The molecule has 5 heteroatoms. The fraction of sp³-hybridized carbons (Fsp3) is 0.500. The van der Waals surface area contributed by atoms with E-state index >= 15 is 0 Å². The van der Waals surface area contributed by atoms with Crippen LogP contribution in [0.5, 0.6) is 11.5 Å². The van der Waals surface area contributed by atoms with Crippen molar-refractivity contribution in [3.63, 3.8) is 0 Å². The van der Waals surface area contributed by atoms with Gasteiger partial charge in [-0.3, -0.25) is 4.79 Å². The number of ether oxygens (including phenoxy) is 2. The molecule has 1 aromatic carbocycles. The first kappa shape index (κ1) is 13.7. The lowest BCUT2D eigenvalue weighted by Gasteiger charge is -2.15. The van der Waals surface area contributed by atoms with Gasteiger partial charge in [-0.2, -0.15) is 0 Å². The minimum absolute atomic E-state index is 0.00324. The zero-order chi connectivity index (χ0) is 13.7. The van der Waals surface area contributed by atoms with Crippen LogP contribution in [-0.2, 0) is 11.2 Å². The third-order valence-corrected chi connectivity index (χ3v) is 3.29. The van der Waals surface area contributed by atoms with Gasteiger partial charge < -0.3 is 20.1 Å². The van der Waals surface area contributed by atoms with Crippen LogP contribution < -0.4 is 20.1 Å². The predicted molar refractivity (Wildman–Crippen MR) is 72.7 cm³/mol. The van der Waals surface area contributed by atoms with Crippen LogP contribution in [0.4, 0.5) is 0 Å². The first-order valence-corrected chi connectivity index (χ1v) is 6.44. The second-order valence-corrected chi connectivity index (χ2v) is 4.58. The van der Waals surface area contributed by atoms with Gasteiger partial charge in [-0.25, -0.2) is 0 Å². The van der Waals surface area contributed by atoms with Crippen LogP contribution in [0.2, 0.25) is 0 Å². The van der Waals surface area contributed by atoms with E-state index in [4.69, 9.17) is 9.47 Å². The quantitative estimate of drug-likeness (QED) is 0.823. The van der Waals surface area contributed by atoms with Gasteiger partial charge in [-0.1, -0.05) is 6.07 Å². The number of hydrogen-bond donors (Lipinski definition) is 2. The zero-order valence-corrected chi connectivity index (χ0v) is 11.4. The van der Waals surface area contributed by atoms with E-state index in [9.17, 15) is 4.79 Å². The maximum Gasteiger partial charge on any atom is 0.224 e. The Hall–Kier alpha value is -1.75. The Kier molecular flexibility index (Phi) is 4.63. The highest BCUT2D eigenvalue weighted by molar-refractivity contribution is 5.80. The number of nitrogens with one attached hydrogen (secondary N) is 2. The van der Waals surface area contributed by atoms with E-state index in [-0.39, 0.29) is 18.4 Å². The molecule has 2 rings (SSSR count). The molecular weight excluding hydrogens is 244 g/mol. The Bertz CT molecular complexity index is 420. The van der Waals surface area contributed by atoms with Crippen LogP contribution >= 0.6 is 0 Å². The highest BCUT2D eigenvalue weighted by Gasteiger charge is 2.19. The monoisotopic (exact) mass is 264 g/mol. The van der Waals surface area contributed by atoms with Gasteiger partial charge in [0.2, 0.25) is 5.91 Å². The molecule has 1 fully saturated rings. The zero-order valence-electron chi connectivity index (χ0n) is 11.4. The fourth-order valence-electron chi connectivity index (χ4n) is 2.32. The molecule has 19 heavy (non-hydrogen) atoms. The molecule has 0 aliphatic carbocycles. The number of carbonyl (C=O) groups is 1. The Labute approximate surface area is 113 Å². The second-order valence-electron chi connectivity index (χ2n) is 4.58. The highest BCUT2D eigenvalue weighted by Crippen LogP contribution is 2.28. The van der Waals surface area contributed by atoms with Crippen molar-refractivity contribution in [3.8, 4) is 11.5 Å². The molecule has 0 radical (unpaired) electrons. The van der Waals surface area contributed by atoms with Crippen molar-refractivity contribution in [1.82, 2.24) is 10.6 Å². The Balaban J connectivity index is 2.06. The summed E-state index contributed by atoms with van der Waals surface area (Å²) in [6.07, 6.45) is 1.25. The first-order valence-electron chi connectivity index (χ1n) is 6.44. The summed E-state index contributed by atoms with van der Waals surface area (Å²) >= 11 is 0. The molecule has 0 saturated carbocycles. The lowest BCUT2D eigenvalue weighted by atomic mass is 10.1. The van der Waals surface area contributed by atoms with Gasteiger partial charge in [-0.15, -0.1) is 0 Å². The molecule has 104 valence electrons. The molecule has 1 heterocycles. The molecule has 1 amide bonds. The molecule has 1 aliphatic heterocycles. The van der Waals surface area contributed by atoms with E-state index in [0.29, 0.717) is 11.5 Å². The van der Waals surface area contributed by atoms with Crippen LogP contribution in [-0.4, -0.2) is 39.3 Å². The van der Waals surface area contributed by atoms with Crippen molar-refractivity contribution in [1.29, 1.82) is 0 Å². The standard InChI is InChI=1S/C14H20N2O3/c1-18-12-4-3-5-13(19-2)11(12)8-14(17)16-10-6-7-15-9-10/h3-5,10,15H,6-9H2,1-2H3,(H,16,17). The molecule has 0 spiro atoms. The van der Waals surface area contributed by atoms with Gasteiger partial charge in [0.05, 0.1) is 20.6 Å². The summed E-state index contributed by atoms with van der Waals surface area (Å²) in [4.78, 5) is 12.1. The Morgan fingerprint density at radius 3 is 2.58 bits per heavy atom. The minimum atomic E-state index is -0.00324. The number of amides is 1. The summed E-state index contributed by atoms with van der Waals surface area (Å²) in [7, 11) is 3.19. The molecule has 1 aromatic rings. The van der Waals surface area contributed by atoms with E-state index in [1.807, 2.05) is 18.2 Å². The average Bonchev–Trinajstić information content (AvgIpc) is 2.91. The summed E-state index contributed by atoms with van der Waals surface area (Å²) in [5.41, 5.74) is 0.788. The van der Waals surface area contributed by atoms with Crippen LogP contribution in [0.1, 0.15) is 12.0 Å². The average molecular weight is 264 g/mol. The molecule has 5 nitrogen and oxygen atoms in total. The third-order valence-electron chi connectivity index (χ3n) is 3.29. The van der Waals surface area contributed by atoms with Gasteiger partial charge in [-0.05, 0) is 25.1 Å². The van der Waals surface area contributed by atoms with Gasteiger partial charge >= 0.3 is 0 Å². The maximum atomic E-state index is 12.1. The van der Waals surface area contributed by atoms with E-state index < -0.39 is 0 Å². The predicted octanol–water partition coefficient (Wildman–Crippen LogP) is 0.724. The molecule has 0 aromatic heterocycles. The largest absolute Gasteiger partial charge is 0.496 e. The first-order chi connectivity index (χ1) is 9.24. The number of benzene rings is 1. The normalized spacial score (nSPS) is 18.1. The summed E-state index contributed by atoms with van der Waals surface area (Å²) in [6.45, 7) is 1.80. The van der Waals surface area contributed by atoms with Crippen LogP contribution in [0.15, 0.2) is 18.2 Å². The van der Waals surface area contributed by atoms with E-state index in [1.54, 1.807) is 14.2 Å². The minimum Gasteiger partial charge on any atom is -0.496 e. The lowest BCUT2D eigenvalue weighted by molar-refractivity contribution is -0.121. The number of rotatable bonds is 5. The van der Waals surface area contributed by atoms with Crippen molar-refractivity contribution in [2.24, 2.45) is 0 Å². The van der Waals surface area contributed by atoms with Crippen LogP contribution in [0, 0.1) is 0 Å². The Morgan fingerprint density at radius 1 is 1.37 bits per heavy atom. The third kappa shape index (κ3) is 3.38. The molecule has 1 aliphatic rings. The van der Waals surface area contributed by atoms with Crippen LogP contribution in [0.3, 0.4) is 0 Å². The van der Waals surface area contributed by atoms with E-state index in [0.717, 1.165) is 25.1 Å². The van der Waals surface area contributed by atoms with Gasteiger partial charge in [0.15, 0.2) is 0 Å². The smallest absolute Gasteiger partial charge is 0.224 e. The number of carbonyl (C=O) groups excluding carboxylic acids is 1. The van der Waals surface area contributed by atoms with E-state index in [2.05, 4.69) is 10.6 Å². The second kappa shape index (κ2) is 6.43. The molecule has 1 unspecified atom stereocenters. The fourth-order valence-corrected chi connectivity index (χ4v) is 2.32. The molecule has 1 atom stereocenters. The molecule has 1 saturated heterocycles. The van der Waals surface area contributed by atoms with Gasteiger partial charge in [0, 0.05) is 18.2 Å². The molecule has 2 N–H and O–H groups in total. The molecule has 0 bridgehead atoms. The lowest BCUT2D eigenvalue weighted by Crippen LogP contribution is -2.37. The topological polar surface area (TPSA) is 59.6 Å². The van der Waals surface area contributed by atoms with Gasteiger partial charge in [0.1, 0.15) is 11.5 Å². The van der Waals surface area contributed by atoms with Gasteiger partial charge in [0.25, 0.3) is 0 Å². The van der Waals surface area contributed by atoms with Crippen molar-refractivity contribution in [2.75, 3.05) is 27.3 Å². The van der Waals surface area contributed by atoms with Crippen LogP contribution in [0.25, 0.3) is 0 Å². The highest BCUT2D eigenvalue weighted by atomic mass is 16.5. The summed E-state index contributed by atoms with van der Waals surface area (Å²) < 4.78 is 10.6.